The number of oxime groups is 1. The van der Waals surface area contributed by atoms with Crippen molar-refractivity contribution in [1.82, 2.24) is 9.55 Å². The van der Waals surface area contributed by atoms with Crippen LogP contribution in [-0.4, -0.2) is 47.5 Å². The predicted molar refractivity (Wildman–Crippen MR) is 131 cm³/mol. The molecule has 1 aromatic heterocycles. The fourth-order valence-corrected chi connectivity index (χ4v) is 4.34. The minimum atomic E-state index is 0.0504. The van der Waals surface area contributed by atoms with Crippen molar-refractivity contribution >= 4 is 28.4 Å². The molecule has 1 aliphatic heterocycles. The molecule has 174 valence electrons. The van der Waals surface area contributed by atoms with Crippen LogP contribution in [0, 0.1) is 5.92 Å². The normalized spacial score (nSPS) is 15.1. The highest BCUT2D eigenvalue weighted by Gasteiger charge is 2.22. The second-order valence-corrected chi connectivity index (χ2v) is 8.36. The van der Waals surface area contributed by atoms with E-state index in [1.165, 1.54) is 5.69 Å². The van der Waals surface area contributed by atoms with Crippen molar-refractivity contribution in [3.05, 3.63) is 54.4 Å². The SMILES string of the molecule is CCON=C(CC1CCN(c2cccc(-n3cnc4cc(C(C)=O)ccc43)c2)CC1)OCC. The summed E-state index contributed by atoms with van der Waals surface area (Å²) in [6.45, 7) is 8.63. The van der Waals surface area contributed by atoms with E-state index in [4.69, 9.17) is 9.57 Å². The van der Waals surface area contributed by atoms with Crippen LogP contribution in [0.15, 0.2) is 53.9 Å². The molecule has 2 aromatic carbocycles. The molecule has 4 rings (SSSR count). The molecule has 1 aliphatic rings. The molecule has 7 heteroatoms. The molecule has 1 saturated heterocycles. The third-order valence-corrected chi connectivity index (χ3v) is 6.11. The standard InChI is InChI=1S/C26H32N4O3/c1-4-32-26(28-33-5-2)15-20-11-13-29(14-12-20)22-7-6-8-23(17-22)30-18-27-24-16-21(19(3)31)9-10-25(24)30/h6-10,16-18,20H,4-5,11-15H2,1-3H3. The van der Waals surface area contributed by atoms with Gasteiger partial charge in [-0.2, -0.15) is 0 Å². The van der Waals surface area contributed by atoms with Crippen molar-refractivity contribution in [2.24, 2.45) is 11.1 Å². The number of carbonyl (C=O) groups is 1. The number of aromatic nitrogens is 2. The van der Waals surface area contributed by atoms with Crippen LogP contribution in [0.5, 0.6) is 0 Å². The Kier molecular flexibility index (Phi) is 7.27. The Hall–Kier alpha value is -3.35. The molecule has 2 heterocycles. The highest BCUT2D eigenvalue weighted by Crippen LogP contribution is 2.28. The molecule has 0 N–H and O–H groups in total. The number of piperidine rings is 1. The number of rotatable bonds is 8. The number of fused-ring (bicyclic) bond motifs is 1. The lowest BCUT2D eigenvalue weighted by Gasteiger charge is -2.33. The zero-order valence-electron chi connectivity index (χ0n) is 19.7. The summed E-state index contributed by atoms with van der Waals surface area (Å²) in [6.07, 6.45) is 4.83. The maximum Gasteiger partial charge on any atom is 0.225 e. The molecule has 0 radical (unpaired) electrons. The van der Waals surface area contributed by atoms with E-state index in [1.807, 2.05) is 38.4 Å². The van der Waals surface area contributed by atoms with Crippen molar-refractivity contribution in [1.29, 1.82) is 0 Å². The molecule has 0 bridgehead atoms. The third kappa shape index (κ3) is 5.35. The van der Waals surface area contributed by atoms with E-state index in [1.54, 1.807) is 6.92 Å². The maximum atomic E-state index is 11.7. The van der Waals surface area contributed by atoms with Gasteiger partial charge in [0.05, 0.1) is 17.6 Å². The average molecular weight is 449 g/mol. The van der Waals surface area contributed by atoms with Gasteiger partial charge in [0, 0.05) is 36.4 Å². The number of hydrogen-bond acceptors (Lipinski definition) is 6. The van der Waals surface area contributed by atoms with E-state index in [9.17, 15) is 4.79 Å². The largest absolute Gasteiger partial charge is 0.479 e. The van der Waals surface area contributed by atoms with Crippen molar-refractivity contribution < 1.29 is 14.4 Å². The van der Waals surface area contributed by atoms with Crippen molar-refractivity contribution in [2.75, 3.05) is 31.2 Å². The van der Waals surface area contributed by atoms with Gasteiger partial charge in [0.2, 0.25) is 5.90 Å². The number of nitrogens with zero attached hydrogens (tertiary/aromatic N) is 4. The number of benzene rings is 2. The Bertz CT molecular complexity index is 1130. The molecule has 0 aliphatic carbocycles. The molecule has 0 saturated carbocycles. The lowest BCUT2D eigenvalue weighted by atomic mass is 9.93. The van der Waals surface area contributed by atoms with Crippen molar-refractivity contribution in [3.63, 3.8) is 0 Å². The first kappa shape index (κ1) is 22.8. The summed E-state index contributed by atoms with van der Waals surface area (Å²) < 4.78 is 7.73. The average Bonchev–Trinajstić information content (AvgIpc) is 3.26. The summed E-state index contributed by atoms with van der Waals surface area (Å²) in [5, 5.41) is 4.14. The van der Waals surface area contributed by atoms with Crippen LogP contribution < -0.4 is 4.90 Å². The van der Waals surface area contributed by atoms with E-state index >= 15 is 0 Å². The van der Waals surface area contributed by atoms with E-state index in [0.29, 0.717) is 30.6 Å². The predicted octanol–water partition coefficient (Wildman–Crippen LogP) is 5.22. The summed E-state index contributed by atoms with van der Waals surface area (Å²) in [7, 11) is 0. The van der Waals surface area contributed by atoms with Gasteiger partial charge in [0.25, 0.3) is 0 Å². The molecular formula is C26H32N4O3. The zero-order valence-corrected chi connectivity index (χ0v) is 19.7. The Labute approximate surface area is 195 Å². The fraction of sp³-hybridized carbons (Fsp3) is 0.423. The van der Waals surface area contributed by atoms with Crippen molar-refractivity contribution in [2.45, 2.75) is 40.0 Å². The number of imidazole rings is 1. The van der Waals surface area contributed by atoms with Crippen LogP contribution in [-0.2, 0) is 9.57 Å². The van der Waals surface area contributed by atoms with E-state index < -0.39 is 0 Å². The number of Topliss-reactive ketones (excluding diaryl/α,β-unsaturated/α-hetero) is 1. The molecular weight excluding hydrogens is 416 g/mol. The Balaban J connectivity index is 1.45. The Morgan fingerprint density at radius 1 is 1.09 bits per heavy atom. The molecule has 0 spiro atoms. The van der Waals surface area contributed by atoms with Gasteiger partial charge in [0.1, 0.15) is 12.9 Å². The number of ether oxygens (including phenoxy) is 1. The lowest BCUT2D eigenvalue weighted by molar-refractivity contribution is 0.101. The van der Waals surface area contributed by atoms with Gasteiger partial charge >= 0.3 is 0 Å². The summed E-state index contributed by atoms with van der Waals surface area (Å²) in [4.78, 5) is 23.8. The van der Waals surface area contributed by atoms with E-state index in [2.05, 4.69) is 43.9 Å². The monoisotopic (exact) mass is 448 g/mol. The maximum absolute atomic E-state index is 11.7. The second kappa shape index (κ2) is 10.5. The van der Waals surface area contributed by atoms with Gasteiger partial charge in [-0.25, -0.2) is 4.98 Å². The molecule has 0 amide bonds. The minimum absolute atomic E-state index is 0.0504. The minimum Gasteiger partial charge on any atom is -0.479 e. The highest BCUT2D eigenvalue weighted by atomic mass is 16.6. The summed E-state index contributed by atoms with van der Waals surface area (Å²) in [6, 6.07) is 14.2. The number of hydrogen-bond donors (Lipinski definition) is 0. The van der Waals surface area contributed by atoms with Crippen molar-refractivity contribution in [3.8, 4) is 5.69 Å². The molecule has 0 unspecified atom stereocenters. The second-order valence-electron chi connectivity index (χ2n) is 8.36. The van der Waals surface area contributed by atoms with Gasteiger partial charge in [-0.3, -0.25) is 9.36 Å². The first-order valence-corrected chi connectivity index (χ1v) is 11.7. The first-order valence-electron chi connectivity index (χ1n) is 11.7. The topological polar surface area (TPSA) is 69.0 Å². The molecule has 0 atom stereocenters. The van der Waals surface area contributed by atoms with Crippen LogP contribution in [0.1, 0.15) is 50.4 Å². The molecule has 3 aromatic rings. The van der Waals surface area contributed by atoms with Gasteiger partial charge in [-0.1, -0.05) is 11.2 Å². The fourth-order valence-electron chi connectivity index (χ4n) is 4.34. The molecule has 33 heavy (non-hydrogen) atoms. The summed E-state index contributed by atoms with van der Waals surface area (Å²) >= 11 is 0. The summed E-state index contributed by atoms with van der Waals surface area (Å²) in [5.41, 5.74) is 4.78. The van der Waals surface area contributed by atoms with Crippen LogP contribution in [0.3, 0.4) is 0 Å². The molecule has 7 nitrogen and oxygen atoms in total. The van der Waals surface area contributed by atoms with E-state index in [-0.39, 0.29) is 5.78 Å². The van der Waals surface area contributed by atoms with E-state index in [0.717, 1.165) is 49.1 Å². The van der Waals surface area contributed by atoms with Gasteiger partial charge in [-0.05, 0) is 75.9 Å². The first-order chi connectivity index (χ1) is 16.1. The Morgan fingerprint density at radius 3 is 2.61 bits per heavy atom. The lowest BCUT2D eigenvalue weighted by Crippen LogP contribution is -2.34. The third-order valence-electron chi connectivity index (χ3n) is 6.11. The number of anilines is 1. The number of ketones is 1. The van der Waals surface area contributed by atoms with Crippen LogP contribution >= 0.6 is 0 Å². The van der Waals surface area contributed by atoms with Crippen LogP contribution in [0.2, 0.25) is 0 Å². The highest BCUT2D eigenvalue weighted by molar-refractivity contribution is 5.97. The van der Waals surface area contributed by atoms with Crippen LogP contribution in [0.4, 0.5) is 5.69 Å². The Morgan fingerprint density at radius 2 is 1.88 bits per heavy atom. The number of carbonyl (C=O) groups excluding carboxylic acids is 1. The summed E-state index contributed by atoms with van der Waals surface area (Å²) in [5.74, 6) is 1.30. The van der Waals surface area contributed by atoms with Crippen LogP contribution in [0.25, 0.3) is 16.7 Å². The van der Waals surface area contributed by atoms with Gasteiger partial charge < -0.3 is 14.5 Å². The van der Waals surface area contributed by atoms with Gasteiger partial charge in [0.15, 0.2) is 5.78 Å². The smallest absolute Gasteiger partial charge is 0.225 e. The molecule has 1 fully saturated rings. The quantitative estimate of drug-likeness (QED) is 0.204. The van der Waals surface area contributed by atoms with Gasteiger partial charge in [-0.15, -0.1) is 0 Å². The zero-order chi connectivity index (χ0) is 23.2.